The Morgan fingerprint density at radius 3 is 2.12 bits per heavy atom. The zero-order chi connectivity index (χ0) is 12.7. The van der Waals surface area contributed by atoms with Crippen molar-refractivity contribution in [3.8, 4) is 0 Å². The Morgan fingerprint density at radius 1 is 1.31 bits per heavy atom. The summed E-state index contributed by atoms with van der Waals surface area (Å²) < 4.78 is 11.1. The number of hydrogen-bond donors (Lipinski definition) is 0. The van der Waals surface area contributed by atoms with Gasteiger partial charge in [-0.05, 0) is 48.5 Å². The van der Waals surface area contributed by atoms with Gasteiger partial charge in [0.2, 0.25) is 0 Å². The second-order valence-electron chi connectivity index (χ2n) is 5.86. The molecule has 4 nitrogen and oxygen atoms in total. The topological polar surface area (TPSA) is 38.8 Å². The molecule has 0 spiro atoms. The Labute approximate surface area is 97.9 Å². The smallest absolute Gasteiger partial charge is 0.412 e. The molecule has 16 heavy (non-hydrogen) atoms. The molecule has 1 fully saturated rings. The van der Waals surface area contributed by atoms with Gasteiger partial charge in [0.25, 0.3) is 0 Å². The summed E-state index contributed by atoms with van der Waals surface area (Å²) in [7, 11) is 0. The lowest BCUT2D eigenvalue weighted by Gasteiger charge is -2.34. The number of amides is 1. The van der Waals surface area contributed by atoms with Crippen LogP contribution in [-0.4, -0.2) is 34.5 Å². The zero-order valence-electron chi connectivity index (χ0n) is 11.3. The molecule has 0 saturated carbocycles. The van der Waals surface area contributed by atoms with Crippen LogP contribution in [0.15, 0.2) is 0 Å². The van der Waals surface area contributed by atoms with Crippen LogP contribution in [0, 0.1) is 0 Å². The molecule has 0 bridgehead atoms. The van der Waals surface area contributed by atoms with Crippen LogP contribution in [-0.2, 0) is 9.47 Å². The molecule has 0 aliphatic carbocycles. The van der Waals surface area contributed by atoms with Crippen molar-refractivity contribution in [2.24, 2.45) is 0 Å². The molecule has 0 aromatic heterocycles. The highest BCUT2D eigenvalue weighted by molar-refractivity contribution is 5.69. The van der Waals surface area contributed by atoms with Crippen molar-refractivity contribution >= 4 is 6.09 Å². The van der Waals surface area contributed by atoms with E-state index in [4.69, 9.17) is 9.47 Å². The second kappa shape index (κ2) is 3.91. The summed E-state index contributed by atoms with van der Waals surface area (Å²) >= 11 is 0. The van der Waals surface area contributed by atoms with Crippen molar-refractivity contribution in [2.75, 3.05) is 0 Å². The first-order chi connectivity index (χ1) is 7.04. The monoisotopic (exact) mass is 229 g/mol. The molecule has 1 rings (SSSR count). The van der Waals surface area contributed by atoms with Gasteiger partial charge >= 0.3 is 6.09 Å². The quantitative estimate of drug-likeness (QED) is 0.641. The van der Waals surface area contributed by atoms with Gasteiger partial charge in [0.1, 0.15) is 11.3 Å². The summed E-state index contributed by atoms with van der Waals surface area (Å²) in [5.41, 5.74) is -1.07. The van der Waals surface area contributed by atoms with Gasteiger partial charge < -0.3 is 9.47 Å². The van der Waals surface area contributed by atoms with Gasteiger partial charge in [0, 0.05) is 0 Å². The molecule has 0 unspecified atom stereocenters. The molecule has 94 valence electrons. The fraction of sp³-hybridized carbons (Fsp3) is 0.917. The molecule has 1 heterocycles. The SMILES string of the molecule is C[C@@H]1[C@@H](C)OC(C)(C)N1C(=O)OC(C)(C)C. The number of rotatable bonds is 0. The molecule has 1 amide bonds. The third kappa shape index (κ3) is 2.67. The first kappa shape index (κ1) is 13.3. The number of ether oxygens (including phenoxy) is 2. The minimum atomic E-state index is -0.596. The van der Waals surface area contributed by atoms with E-state index in [2.05, 4.69) is 0 Å². The average molecular weight is 229 g/mol. The molecule has 1 saturated heterocycles. The molecule has 0 radical (unpaired) electrons. The van der Waals surface area contributed by atoms with Crippen LogP contribution in [0.3, 0.4) is 0 Å². The van der Waals surface area contributed by atoms with Crippen molar-refractivity contribution in [1.82, 2.24) is 4.90 Å². The molecule has 0 N–H and O–H groups in total. The third-order valence-corrected chi connectivity index (χ3v) is 2.73. The van der Waals surface area contributed by atoms with Crippen LogP contribution < -0.4 is 0 Å². The number of carbonyl (C=O) groups is 1. The summed E-state index contributed by atoms with van der Waals surface area (Å²) in [5, 5.41) is 0. The molecule has 2 atom stereocenters. The summed E-state index contributed by atoms with van der Waals surface area (Å²) in [5.74, 6) is 0. The van der Waals surface area contributed by atoms with Crippen molar-refractivity contribution in [3.05, 3.63) is 0 Å². The summed E-state index contributed by atoms with van der Waals surface area (Å²) in [6, 6.07) is 0.0323. The van der Waals surface area contributed by atoms with Gasteiger partial charge in [0.05, 0.1) is 12.1 Å². The number of carbonyl (C=O) groups excluding carboxylic acids is 1. The molecule has 1 aliphatic heterocycles. The molecular formula is C12H23NO3. The van der Waals surface area contributed by atoms with E-state index >= 15 is 0 Å². The first-order valence-corrected chi connectivity index (χ1v) is 5.75. The Balaban J connectivity index is 2.82. The molecule has 0 aromatic carbocycles. The van der Waals surface area contributed by atoms with E-state index in [1.807, 2.05) is 48.5 Å². The predicted octanol–water partition coefficient (Wildman–Crippen LogP) is 2.77. The van der Waals surface area contributed by atoms with E-state index in [0.717, 1.165) is 0 Å². The van der Waals surface area contributed by atoms with Crippen LogP contribution in [0.5, 0.6) is 0 Å². The largest absolute Gasteiger partial charge is 0.444 e. The van der Waals surface area contributed by atoms with Crippen LogP contribution >= 0.6 is 0 Å². The van der Waals surface area contributed by atoms with Crippen LogP contribution in [0.4, 0.5) is 4.79 Å². The number of nitrogens with zero attached hydrogens (tertiary/aromatic N) is 1. The van der Waals surface area contributed by atoms with Gasteiger partial charge in [0.15, 0.2) is 0 Å². The standard InChI is InChI=1S/C12H23NO3/c1-8-9(2)15-12(6,7)13(8)10(14)16-11(3,4)5/h8-9H,1-7H3/t8-,9-/m1/s1. The summed E-state index contributed by atoms with van der Waals surface area (Å²) in [6.07, 6.45) is -0.281. The van der Waals surface area contributed by atoms with Crippen molar-refractivity contribution in [3.63, 3.8) is 0 Å². The Kier molecular flexibility index (Phi) is 3.25. The molecule has 4 heteroatoms. The minimum Gasteiger partial charge on any atom is -0.444 e. The third-order valence-electron chi connectivity index (χ3n) is 2.73. The fourth-order valence-electron chi connectivity index (χ4n) is 2.01. The highest BCUT2D eigenvalue weighted by Crippen LogP contribution is 2.33. The van der Waals surface area contributed by atoms with Crippen LogP contribution in [0.25, 0.3) is 0 Å². The van der Waals surface area contributed by atoms with Gasteiger partial charge in [-0.1, -0.05) is 0 Å². The first-order valence-electron chi connectivity index (χ1n) is 5.75. The Bertz CT molecular complexity index is 280. The van der Waals surface area contributed by atoms with E-state index in [1.54, 1.807) is 4.90 Å². The Morgan fingerprint density at radius 2 is 1.81 bits per heavy atom. The van der Waals surface area contributed by atoms with Crippen LogP contribution in [0.1, 0.15) is 48.5 Å². The Hall–Kier alpha value is -0.770. The second-order valence-corrected chi connectivity index (χ2v) is 5.86. The summed E-state index contributed by atoms with van der Waals surface area (Å²) in [6.45, 7) is 13.3. The summed E-state index contributed by atoms with van der Waals surface area (Å²) in [4.78, 5) is 13.7. The lowest BCUT2D eigenvalue weighted by Crippen LogP contribution is -2.49. The zero-order valence-corrected chi connectivity index (χ0v) is 11.3. The average Bonchev–Trinajstić information content (AvgIpc) is 2.16. The maximum atomic E-state index is 12.1. The highest BCUT2D eigenvalue weighted by atomic mass is 16.6. The van der Waals surface area contributed by atoms with Gasteiger partial charge in [-0.25, -0.2) is 4.79 Å². The van der Waals surface area contributed by atoms with E-state index in [1.165, 1.54) is 0 Å². The van der Waals surface area contributed by atoms with E-state index < -0.39 is 11.3 Å². The predicted molar refractivity (Wildman–Crippen MR) is 62.2 cm³/mol. The fourth-order valence-corrected chi connectivity index (χ4v) is 2.01. The lowest BCUT2D eigenvalue weighted by atomic mass is 10.2. The van der Waals surface area contributed by atoms with E-state index in [9.17, 15) is 4.79 Å². The lowest BCUT2D eigenvalue weighted by molar-refractivity contribution is -0.0754. The van der Waals surface area contributed by atoms with Crippen molar-refractivity contribution in [1.29, 1.82) is 0 Å². The van der Waals surface area contributed by atoms with Gasteiger partial charge in [-0.3, -0.25) is 4.90 Å². The van der Waals surface area contributed by atoms with Gasteiger partial charge in [-0.2, -0.15) is 0 Å². The highest BCUT2D eigenvalue weighted by Gasteiger charge is 2.47. The maximum Gasteiger partial charge on any atom is 0.412 e. The molecule has 1 aliphatic rings. The van der Waals surface area contributed by atoms with Gasteiger partial charge in [-0.15, -0.1) is 0 Å². The van der Waals surface area contributed by atoms with Crippen LogP contribution in [0.2, 0.25) is 0 Å². The van der Waals surface area contributed by atoms with E-state index in [-0.39, 0.29) is 18.2 Å². The molecular weight excluding hydrogens is 206 g/mol. The molecule has 0 aromatic rings. The van der Waals surface area contributed by atoms with Crippen molar-refractivity contribution < 1.29 is 14.3 Å². The minimum absolute atomic E-state index is 0.0301. The normalized spacial score (nSPS) is 29.3. The number of hydrogen-bond acceptors (Lipinski definition) is 3. The van der Waals surface area contributed by atoms with Crippen molar-refractivity contribution in [2.45, 2.75) is 71.9 Å². The van der Waals surface area contributed by atoms with E-state index in [0.29, 0.717) is 0 Å². The maximum absolute atomic E-state index is 12.1.